The van der Waals surface area contributed by atoms with Gasteiger partial charge in [-0.05, 0) is 12.1 Å². The molecule has 138 valence electrons. The maximum atomic E-state index is 10.8. The predicted octanol–water partition coefficient (Wildman–Crippen LogP) is 2.28. The van der Waals surface area contributed by atoms with E-state index in [2.05, 4.69) is 0 Å². The summed E-state index contributed by atoms with van der Waals surface area (Å²) in [5.74, 6) is 0.644. The Hall–Kier alpha value is -1.96. The standard InChI is InChI=1S/C20H22O6/c1-22-18-16(21)17-15(25-20(18)24-14-10-6-3-7-11-14)12-23-19(26-17)13-8-4-2-5-9-13/h2-11,15-21H,12H2,1H3/t15-,16+,17-,18-,19-,20-/m1/s1. The van der Waals surface area contributed by atoms with Crippen molar-refractivity contribution >= 4 is 0 Å². The average Bonchev–Trinajstić information content (AvgIpc) is 2.70. The molecule has 0 saturated carbocycles. The minimum absolute atomic E-state index is 0.298. The average molecular weight is 358 g/mol. The molecule has 0 aromatic heterocycles. The summed E-state index contributed by atoms with van der Waals surface area (Å²) in [5.41, 5.74) is 0.898. The van der Waals surface area contributed by atoms with Gasteiger partial charge < -0.3 is 28.8 Å². The van der Waals surface area contributed by atoms with E-state index in [0.717, 1.165) is 5.56 Å². The summed E-state index contributed by atoms with van der Waals surface area (Å²) in [4.78, 5) is 0. The van der Waals surface area contributed by atoms with E-state index in [4.69, 9.17) is 23.7 Å². The topological polar surface area (TPSA) is 66.4 Å². The second kappa shape index (κ2) is 7.73. The molecular formula is C20H22O6. The summed E-state index contributed by atoms with van der Waals surface area (Å²) in [5, 5.41) is 10.8. The van der Waals surface area contributed by atoms with Gasteiger partial charge in [-0.3, -0.25) is 0 Å². The Morgan fingerprint density at radius 3 is 2.35 bits per heavy atom. The van der Waals surface area contributed by atoms with Crippen molar-refractivity contribution in [3.8, 4) is 5.75 Å². The first-order valence-corrected chi connectivity index (χ1v) is 8.66. The van der Waals surface area contributed by atoms with Crippen LogP contribution in [0.1, 0.15) is 11.9 Å². The molecule has 4 rings (SSSR count). The van der Waals surface area contributed by atoms with Crippen LogP contribution in [0, 0.1) is 0 Å². The fourth-order valence-corrected chi connectivity index (χ4v) is 3.33. The van der Waals surface area contributed by atoms with Crippen molar-refractivity contribution in [1.29, 1.82) is 0 Å². The number of methoxy groups -OCH3 is 1. The van der Waals surface area contributed by atoms with Gasteiger partial charge in [-0.25, -0.2) is 0 Å². The first-order chi connectivity index (χ1) is 12.8. The van der Waals surface area contributed by atoms with Crippen LogP contribution in [-0.2, 0) is 18.9 Å². The van der Waals surface area contributed by atoms with Crippen LogP contribution in [0.15, 0.2) is 60.7 Å². The van der Waals surface area contributed by atoms with Crippen LogP contribution in [0.3, 0.4) is 0 Å². The van der Waals surface area contributed by atoms with Gasteiger partial charge in [-0.1, -0.05) is 48.5 Å². The molecule has 2 aromatic rings. The summed E-state index contributed by atoms with van der Waals surface area (Å²) >= 11 is 0. The molecule has 6 heteroatoms. The Kier molecular flexibility index (Phi) is 5.19. The zero-order valence-electron chi connectivity index (χ0n) is 14.4. The minimum Gasteiger partial charge on any atom is -0.462 e. The predicted molar refractivity (Wildman–Crippen MR) is 92.5 cm³/mol. The fourth-order valence-electron chi connectivity index (χ4n) is 3.33. The molecule has 2 fully saturated rings. The van der Waals surface area contributed by atoms with Gasteiger partial charge in [0, 0.05) is 12.7 Å². The number of ether oxygens (including phenoxy) is 5. The molecule has 0 amide bonds. The van der Waals surface area contributed by atoms with Gasteiger partial charge >= 0.3 is 0 Å². The van der Waals surface area contributed by atoms with Crippen molar-refractivity contribution in [2.75, 3.05) is 13.7 Å². The van der Waals surface area contributed by atoms with E-state index >= 15 is 0 Å². The highest BCUT2D eigenvalue weighted by atomic mass is 16.8. The Morgan fingerprint density at radius 2 is 1.65 bits per heavy atom. The van der Waals surface area contributed by atoms with Crippen LogP contribution in [0.25, 0.3) is 0 Å². The number of hydrogen-bond donors (Lipinski definition) is 1. The van der Waals surface area contributed by atoms with Gasteiger partial charge in [0.05, 0.1) is 6.61 Å². The lowest BCUT2D eigenvalue weighted by atomic mass is 9.97. The largest absolute Gasteiger partial charge is 0.462 e. The normalized spacial score (nSPS) is 34.1. The van der Waals surface area contributed by atoms with E-state index in [1.165, 1.54) is 7.11 Å². The van der Waals surface area contributed by atoms with E-state index in [9.17, 15) is 5.11 Å². The van der Waals surface area contributed by atoms with E-state index < -0.39 is 37.0 Å². The van der Waals surface area contributed by atoms with Crippen molar-refractivity contribution in [2.24, 2.45) is 0 Å². The minimum atomic E-state index is -0.900. The molecule has 2 aliphatic heterocycles. The Labute approximate surface area is 152 Å². The molecule has 26 heavy (non-hydrogen) atoms. The lowest BCUT2D eigenvalue weighted by Crippen LogP contribution is -2.63. The maximum absolute atomic E-state index is 10.8. The van der Waals surface area contributed by atoms with Crippen LogP contribution in [0.2, 0.25) is 0 Å². The van der Waals surface area contributed by atoms with Crippen LogP contribution >= 0.6 is 0 Å². The molecule has 6 atom stereocenters. The van der Waals surface area contributed by atoms with Crippen LogP contribution in [0.5, 0.6) is 5.75 Å². The van der Waals surface area contributed by atoms with Crippen molar-refractivity contribution in [2.45, 2.75) is 37.0 Å². The number of rotatable bonds is 4. The molecule has 2 aliphatic rings. The number of benzene rings is 2. The molecule has 2 aromatic carbocycles. The third kappa shape index (κ3) is 3.47. The van der Waals surface area contributed by atoms with E-state index in [1.54, 1.807) is 0 Å². The SMILES string of the molecule is CO[C@H]1[C@H](Oc2ccccc2)O[C@@H]2CO[C@@H](c3ccccc3)O[C@H]2[C@@H]1O. The number of aliphatic hydroxyl groups excluding tert-OH is 1. The van der Waals surface area contributed by atoms with Gasteiger partial charge in [0.2, 0.25) is 6.29 Å². The second-order valence-electron chi connectivity index (χ2n) is 6.34. The van der Waals surface area contributed by atoms with Crippen molar-refractivity contribution in [3.63, 3.8) is 0 Å². The third-order valence-electron chi connectivity index (χ3n) is 4.65. The second-order valence-corrected chi connectivity index (χ2v) is 6.34. The molecule has 0 radical (unpaired) electrons. The highest BCUT2D eigenvalue weighted by Gasteiger charge is 2.50. The van der Waals surface area contributed by atoms with Gasteiger partial charge in [0.25, 0.3) is 0 Å². The Morgan fingerprint density at radius 1 is 0.962 bits per heavy atom. The monoisotopic (exact) mass is 358 g/mol. The van der Waals surface area contributed by atoms with Gasteiger partial charge in [0.15, 0.2) is 6.29 Å². The molecule has 6 nitrogen and oxygen atoms in total. The van der Waals surface area contributed by atoms with E-state index in [0.29, 0.717) is 12.4 Å². The zero-order chi connectivity index (χ0) is 17.9. The van der Waals surface area contributed by atoms with Crippen molar-refractivity contribution < 1.29 is 28.8 Å². The first-order valence-electron chi connectivity index (χ1n) is 8.66. The first kappa shape index (κ1) is 17.5. The summed E-state index contributed by atoms with van der Waals surface area (Å²) in [6.07, 6.45) is -3.87. The number of fused-ring (bicyclic) bond motifs is 1. The number of hydrogen-bond acceptors (Lipinski definition) is 6. The van der Waals surface area contributed by atoms with Gasteiger partial charge in [0.1, 0.15) is 30.2 Å². The molecule has 0 aliphatic carbocycles. The summed E-state index contributed by atoms with van der Waals surface area (Å²) in [7, 11) is 1.52. The van der Waals surface area contributed by atoms with Crippen molar-refractivity contribution in [3.05, 3.63) is 66.2 Å². The quantitative estimate of drug-likeness (QED) is 0.905. The summed E-state index contributed by atoms with van der Waals surface area (Å²) in [6.45, 7) is 0.298. The maximum Gasteiger partial charge on any atom is 0.229 e. The number of aliphatic hydroxyl groups is 1. The van der Waals surface area contributed by atoms with Gasteiger partial charge in [-0.15, -0.1) is 0 Å². The lowest BCUT2D eigenvalue weighted by molar-refractivity contribution is -0.352. The van der Waals surface area contributed by atoms with Gasteiger partial charge in [-0.2, -0.15) is 0 Å². The van der Waals surface area contributed by atoms with Crippen LogP contribution < -0.4 is 4.74 Å². The highest BCUT2D eigenvalue weighted by molar-refractivity contribution is 5.21. The lowest BCUT2D eigenvalue weighted by Gasteiger charge is -2.47. The smallest absolute Gasteiger partial charge is 0.229 e. The molecule has 2 heterocycles. The molecule has 1 N–H and O–H groups in total. The Balaban J connectivity index is 1.49. The summed E-state index contributed by atoms with van der Waals surface area (Å²) < 4.78 is 29.1. The molecule has 2 saturated heterocycles. The zero-order valence-corrected chi connectivity index (χ0v) is 14.4. The Bertz CT molecular complexity index is 694. The highest BCUT2D eigenvalue weighted by Crippen LogP contribution is 2.35. The molecule has 0 unspecified atom stereocenters. The van der Waals surface area contributed by atoms with Crippen LogP contribution in [-0.4, -0.2) is 49.5 Å². The summed E-state index contributed by atoms with van der Waals surface area (Å²) in [6, 6.07) is 18.9. The van der Waals surface area contributed by atoms with Crippen LogP contribution in [0.4, 0.5) is 0 Å². The number of para-hydroxylation sites is 1. The van der Waals surface area contributed by atoms with E-state index in [-0.39, 0.29) is 0 Å². The fraction of sp³-hybridized carbons (Fsp3) is 0.400. The molecular weight excluding hydrogens is 336 g/mol. The molecule has 0 bridgehead atoms. The van der Waals surface area contributed by atoms with E-state index in [1.807, 2.05) is 60.7 Å². The molecule has 0 spiro atoms. The third-order valence-corrected chi connectivity index (χ3v) is 4.65. The van der Waals surface area contributed by atoms with Crippen molar-refractivity contribution in [1.82, 2.24) is 0 Å².